The van der Waals surface area contributed by atoms with E-state index in [1.165, 1.54) is 35.0 Å². The molecule has 0 saturated carbocycles. The number of rotatable bonds is 13. The zero-order chi connectivity index (χ0) is 43.2. The Bertz CT molecular complexity index is 2650. The molecule has 9 rings (SSSR count). The van der Waals surface area contributed by atoms with Gasteiger partial charge >= 0.3 is 0 Å². The topological polar surface area (TPSA) is 175 Å². The molecule has 62 heavy (non-hydrogen) atoms. The Balaban J connectivity index is 0.921. The molecule has 5 aromatic rings. The number of fused-ring (bicyclic) bond motifs is 1. The number of nitro benzene ring substituents is 1. The normalized spacial score (nSPS) is 18.9. The van der Waals surface area contributed by atoms with E-state index in [1.807, 2.05) is 18.2 Å². The Labute approximate surface area is 365 Å². The molecule has 2 aromatic heterocycles. The first-order valence-electron chi connectivity index (χ1n) is 20.9. The van der Waals surface area contributed by atoms with Gasteiger partial charge in [-0.3, -0.25) is 24.7 Å². The van der Waals surface area contributed by atoms with Gasteiger partial charge in [0.25, 0.3) is 21.6 Å². The van der Waals surface area contributed by atoms with Gasteiger partial charge in [0.05, 0.1) is 46.9 Å². The molecule has 17 heteroatoms. The molecule has 3 saturated heterocycles. The number of aromatic amines is 1. The molecule has 5 heterocycles. The number of carbonyl (C=O) groups is 1. The monoisotopic (exact) mass is 880 g/mol. The lowest BCUT2D eigenvalue weighted by Crippen LogP contribution is -2.63. The molecular formula is C45H49ClN8O7S. The standard InChI is InChI=1S/C45H49ClN8O7S/c1-45(2)13-11-31(39(22-45)29-3-5-32(46)6-4-29)24-51-15-17-52(18-16-51)34-7-9-38(42(20-34)61-36-19-30-12-14-47-43(30)48-23-36)44(55)50-62(58,59)37-8-10-40(41(21-37)54(56)57)49-33-25-53(26-33)35-27-60-28-35/h3-10,12,14,19-21,23,33,35,49H,11,13,15-18,22,24-28H2,1-2H3,(H,47,48)(H,50,55). The van der Waals surface area contributed by atoms with E-state index in [4.69, 9.17) is 21.1 Å². The lowest BCUT2D eigenvalue weighted by Gasteiger charge is -2.47. The van der Waals surface area contributed by atoms with Crippen LogP contribution in [-0.4, -0.2) is 110 Å². The number of hydrogen-bond donors (Lipinski definition) is 3. The van der Waals surface area contributed by atoms with Crippen molar-refractivity contribution in [1.29, 1.82) is 0 Å². The minimum Gasteiger partial charge on any atom is -0.455 e. The largest absolute Gasteiger partial charge is 0.455 e. The zero-order valence-electron chi connectivity index (χ0n) is 34.6. The number of nitrogens with one attached hydrogen (secondary N) is 3. The predicted molar refractivity (Wildman–Crippen MR) is 239 cm³/mol. The Morgan fingerprint density at radius 3 is 2.53 bits per heavy atom. The zero-order valence-corrected chi connectivity index (χ0v) is 36.2. The number of benzene rings is 3. The number of likely N-dealkylation sites (tertiary alicyclic amines) is 1. The van der Waals surface area contributed by atoms with Gasteiger partial charge in [0.2, 0.25) is 0 Å². The number of anilines is 2. The van der Waals surface area contributed by atoms with E-state index >= 15 is 0 Å². The van der Waals surface area contributed by atoms with Gasteiger partial charge in [0.1, 0.15) is 22.8 Å². The third-order valence-corrected chi connectivity index (χ3v) is 14.0. The highest BCUT2D eigenvalue weighted by atomic mass is 35.5. The van der Waals surface area contributed by atoms with Crippen molar-refractivity contribution in [1.82, 2.24) is 24.5 Å². The maximum Gasteiger partial charge on any atom is 0.293 e. The number of amides is 1. The summed E-state index contributed by atoms with van der Waals surface area (Å²) in [5.41, 5.74) is 5.56. The molecule has 0 radical (unpaired) electrons. The van der Waals surface area contributed by atoms with Crippen molar-refractivity contribution in [2.45, 2.75) is 50.1 Å². The highest BCUT2D eigenvalue weighted by molar-refractivity contribution is 7.90. The average molecular weight is 881 g/mol. The SMILES string of the molecule is CC1(C)CCC(CN2CCN(c3ccc(C(=O)NS(=O)(=O)c4ccc(NC5CN(C6COC6)C5)c([N+](=O)[O-])c4)c(Oc4cnc5[nH]ccc5c4)c3)CC2)=C(c2ccc(Cl)cc2)C1. The molecule has 4 aliphatic rings. The second-order valence-electron chi connectivity index (χ2n) is 17.4. The summed E-state index contributed by atoms with van der Waals surface area (Å²) >= 11 is 6.24. The summed E-state index contributed by atoms with van der Waals surface area (Å²) in [4.78, 5) is 39.4. The number of halogens is 1. The van der Waals surface area contributed by atoms with Crippen molar-refractivity contribution < 1.29 is 27.6 Å². The fourth-order valence-corrected chi connectivity index (χ4v) is 9.84. The number of nitro groups is 1. The third-order valence-electron chi connectivity index (χ3n) is 12.5. The van der Waals surface area contributed by atoms with Gasteiger partial charge in [-0.2, -0.15) is 0 Å². The molecule has 0 unspecified atom stereocenters. The fourth-order valence-electron chi connectivity index (χ4n) is 8.72. The van der Waals surface area contributed by atoms with Crippen molar-refractivity contribution in [3.63, 3.8) is 0 Å². The summed E-state index contributed by atoms with van der Waals surface area (Å²) in [5, 5.41) is 16.8. The fraction of sp³-hybridized carbons (Fsp3) is 0.378. The summed E-state index contributed by atoms with van der Waals surface area (Å²) in [6, 6.07) is 20.8. The maximum atomic E-state index is 13.9. The van der Waals surface area contributed by atoms with Crippen molar-refractivity contribution in [2.75, 3.05) is 69.2 Å². The van der Waals surface area contributed by atoms with Crippen LogP contribution in [0.2, 0.25) is 5.02 Å². The van der Waals surface area contributed by atoms with Gasteiger partial charge in [0.15, 0.2) is 0 Å². The molecule has 3 aromatic carbocycles. The smallest absolute Gasteiger partial charge is 0.293 e. The number of ether oxygens (including phenoxy) is 2. The van der Waals surface area contributed by atoms with Crippen LogP contribution in [0.5, 0.6) is 11.5 Å². The Morgan fingerprint density at radius 1 is 1.03 bits per heavy atom. The first kappa shape index (κ1) is 41.8. The number of allylic oxidation sites excluding steroid dienone is 1. The van der Waals surface area contributed by atoms with E-state index in [2.05, 4.69) is 60.7 Å². The number of sulfonamides is 1. The van der Waals surface area contributed by atoms with E-state index in [1.54, 1.807) is 30.5 Å². The molecule has 3 N–H and O–H groups in total. The molecule has 1 amide bonds. The molecular weight excluding hydrogens is 832 g/mol. The first-order chi connectivity index (χ1) is 29.8. The quantitative estimate of drug-likeness (QED) is 0.0796. The first-order valence-corrected chi connectivity index (χ1v) is 22.8. The molecule has 0 bridgehead atoms. The Kier molecular flexibility index (Phi) is 11.5. The number of carbonyl (C=O) groups excluding carboxylic acids is 1. The van der Waals surface area contributed by atoms with Gasteiger partial charge in [-0.15, -0.1) is 0 Å². The van der Waals surface area contributed by atoms with Gasteiger partial charge in [-0.1, -0.05) is 43.2 Å². The lowest BCUT2D eigenvalue weighted by atomic mass is 9.72. The minimum atomic E-state index is -4.56. The van der Waals surface area contributed by atoms with E-state index in [-0.39, 0.29) is 28.5 Å². The molecule has 3 aliphatic heterocycles. The van der Waals surface area contributed by atoms with E-state index < -0.39 is 31.4 Å². The van der Waals surface area contributed by atoms with Gasteiger partial charge in [0, 0.05) is 80.2 Å². The van der Waals surface area contributed by atoms with Crippen molar-refractivity contribution >= 4 is 61.2 Å². The highest BCUT2D eigenvalue weighted by Crippen LogP contribution is 2.43. The van der Waals surface area contributed by atoms with Crippen LogP contribution in [0, 0.1) is 15.5 Å². The van der Waals surface area contributed by atoms with Crippen molar-refractivity contribution in [3.8, 4) is 11.5 Å². The summed E-state index contributed by atoms with van der Waals surface area (Å²) in [5.74, 6) is -0.469. The summed E-state index contributed by atoms with van der Waals surface area (Å²) in [7, 11) is -4.56. The van der Waals surface area contributed by atoms with Crippen LogP contribution >= 0.6 is 11.6 Å². The van der Waals surface area contributed by atoms with Crippen LogP contribution in [0.4, 0.5) is 17.1 Å². The van der Waals surface area contributed by atoms with Crippen molar-refractivity contribution in [2.24, 2.45) is 5.41 Å². The summed E-state index contributed by atoms with van der Waals surface area (Å²) in [6.07, 6.45) is 6.48. The molecule has 0 atom stereocenters. The molecule has 3 fully saturated rings. The van der Waals surface area contributed by atoms with Gasteiger partial charge < -0.3 is 24.7 Å². The molecule has 324 valence electrons. The van der Waals surface area contributed by atoms with E-state index in [0.29, 0.717) is 43.7 Å². The number of nitrogens with zero attached hydrogens (tertiary/aromatic N) is 5. The highest BCUT2D eigenvalue weighted by Gasteiger charge is 2.37. The van der Waals surface area contributed by atoms with Gasteiger partial charge in [-0.25, -0.2) is 18.1 Å². The molecule has 1 aliphatic carbocycles. The van der Waals surface area contributed by atoms with Crippen molar-refractivity contribution in [3.05, 3.63) is 117 Å². The van der Waals surface area contributed by atoms with Crippen LogP contribution in [0.25, 0.3) is 16.6 Å². The van der Waals surface area contributed by atoms with Crippen LogP contribution < -0.4 is 19.7 Å². The van der Waals surface area contributed by atoms with Crippen LogP contribution in [0.3, 0.4) is 0 Å². The van der Waals surface area contributed by atoms with Crippen LogP contribution in [0.15, 0.2) is 95.7 Å². The number of pyridine rings is 1. The predicted octanol–water partition coefficient (Wildman–Crippen LogP) is 7.32. The van der Waals surface area contributed by atoms with E-state index in [9.17, 15) is 23.3 Å². The van der Waals surface area contributed by atoms with E-state index in [0.717, 1.165) is 74.1 Å². The van der Waals surface area contributed by atoms with Crippen LogP contribution in [0.1, 0.15) is 49.0 Å². The Hall–Kier alpha value is -5.52. The number of H-pyrrole nitrogens is 1. The number of hydrogen-bond acceptors (Lipinski definition) is 12. The lowest BCUT2D eigenvalue weighted by molar-refractivity contribution is -0.384. The second-order valence-corrected chi connectivity index (χ2v) is 19.5. The number of aromatic nitrogens is 2. The van der Waals surface area contributed by atoms with Gasteiger partial charge in [-0.05, 0) is 84.3 Å². The average Bonchev–Trinajstić information content (AvgIpc) is 3.68. The number of piperazine rings is 1. The summed E-state index contributed by atoms with van der Waals surface area (Å²) < 4.78 is 41.1. The second kappa shape index (κ2) is 17.0. The molecule has 15 nitrogen and oxygen atoms in total. The Morgan fingerprint density at radius 2 is 1.81 bits per heavy atom. The minimum absolute atomic E-state index is 0.0316. The summed E-state index contributed by atoms with van der Waals surface area (Å²) in [6.45, 7) is 11.4. The van der Waals surface area contributed by atoms with Crippen LogP contribution in [-0.2, 0) is 14.8 Å². The maximum absolute atomic E-state index is 13.9. The molecule has 0 spiro atoms. The third kappa shape index (κ3) is 9.01.